The van der Waals surface area contributed by atoms with Crippen molar-refractivity contribution in [3.63, 3.8) is 0 Å². The van der Waals surface area contributed by atoms with Gasteiger partial charge in [-0.05, 0) is 60.2 Å². The van der Waals surface area contributed by atoms with E-state index in [1.54, 1.807) is 22.5 Å². The highest BCUT2D eigenvalue weighted by Gasteiger charge is 2.24. The topological polar surface area (TPSA) is 74.6 Å². The van der Waals surface area contributed by atoms with Crippen molar-refractivity contribution in [3.8, 4) is 28.7 Å². The highest BCUT2D eigenvalue weighted by Crippen LogP contribution is 2.37. The fraction of sp³-hybridized carbons (Fsp3) is 0.111. The Morgan fingerprint density at radius 3 is 2.63 bits per heavy atom. The number of carbonyl (C=O) groups excluding carboxylic acids is 1. The van der Waals surface area contributed by atoms with E-state index in [-0.39, 0.29) is 12.7 Å². The number of thioether (sulfide) groups is 1. The molecular formula is C27H21N3O4S. The molecule has 6 rings (SSSR count). The molecule has 0 radical (unpaired) electrons. The van der Waals surface area contributed by atoms with Crippen LogP contribution in [0.25, 0.3) is 11.8 Å². The van der Waals surface area contributed by atoms with Gasteiger partial charge in [-0.15, -0.1) is 0 Å². The predicted octanol–water partition coefficient (Wildman–Crippen LogP) is 5.79. The molecule has 0 saturated heterocycles. The van der Waals surface area contributed by atoms with Crippen LogP contribution in [0, 0.1) is 0 Å². The van der Waals surface area contributed by atoms with Crippen molar-refractivity contribution in [1.82, 2.24) is 9.78 Å². The summed E-state index contributed by atoms with van der Waals surface area (Å²) in [6.45, 7) is 0.218. The molecular weight excluding hydrogens is 462 g/mol. The Hall–Kier alpha value is -4.17. The van der Waals surface area contributed by atoms with E-state index >= 15 is 0 Å². The van der Waals surface area contributed by atoms with Crippen LogP contribution in [0.3, 0.4) is 0 Å². The largest absolute Gasteiger partial charge is 0.457 e. The lowest BCUT2D eigenvalue weighted by Gasteiger charge is -2.11. The summed E-state index contributed by atoms with van der Waals surface area (Å²) in [5, 5.41) is 7.81. The number of benzene rings is 3. The van der Waals surface area contributed by atoms with Gasteiger partial charge < -0.3 is 19.5 Å². The summed E-state index contributed by atoms with van der Waals surface area (Å²) in [4.78, 5) is 12.8. The van der Waals surface area contributed by atoms with E-state index in [4.69, 9.17) is 19.3 Å². The van der Waals surface area contributed by atoms with Crippen LogP contribution in [0.15, 0.2) is 78.9 Å². The smallest absolute Gasteiger partial charge is 0.249 e. The van der Waals surface area contributed by atoms with Crippen molar-refractivity contribution in [2.24, 2.45) is 0 Å². The highest BCUT2D eigenvalue weighted by atomic mass is 32.2. The van der Waals surface area contributed by atoms with Crippen LogP contribution in [0.1, 0.15) is 16.8 Å². The normalized spacial score (nSPS) is 13.7. The number of ether oxygens (including phenoxy) is 3. The van der Waals surface area contributed by atoms with E-state index in [0.29, 0.717) is 17.3 Å². The van der Waals surface area contributed by atoms with Crippen molar-refractivity contribution >= 4 is 29.6 Å². The van der Waals surface area contributed by atoms with E-state index in [1.165, 1.54) is 6.08 Å². The summed E-state index contributed by atoms with van der Waals surface area (Å²) in [6.07, 6.45) is 3.27. The van der Waals surface area contributed by atoms with Gasteiger partial charge in [0.05, 0.1) is 11.4 Å². The van der Waals surface area contributed by atoms with E-state index in [9.17, 15) is 4.79 Å². The van der Waals surface area contributed by atoms with E-state index < -0.39 is 0 Å². The lowest BCUT2D eigenvalue weighted by Crippen LogP contribution is -2.13. The van der Waals surface area contributed by atoms with Crippen molar-refractivity contribution < 1.29 is 19.0 Å². The molecule has 0 spiro atoms. The molecule has 2 aliphatic rings. The highest BCUT2D eigenvalue weighted by molar-refractivity contribution is 7.98. The third kappa shape index (κ3) is 4.48. The predicted molar refractivity (Wildman–Crippen MR) is 135 cm³/mol. The maximum atomic E-state index is 12.8. The molecule has 0 unspecified atom stereocenters. The second kappa shape index (κ2) is 9.23. The third-order valence-electron chi connectivity index (χ3n) is 5.68. The summed E-state index contributed by atoms with van der Waals surface area (Å²) < 4.78 is 18.4. The standard InChI is InChI=1S/C27H21N3O4S/c31-26(13-7-18-6-12-24-25(14-18)33-17-32-24)28-27-22-15-35-16-23(22)29-30(27)19-8-10-21(11-9-19)34-20-4-2-1-3-5-20/h1-14H,15-17H2,(H,28,31). The fourth-order valence-electron chi connectivity index (χ4n) is 3.96. The summed E-state index contributed by atoms with van der Waals surface area (Å²) in [7, 11) is 0. The molecule has 0 fully saturated rings. The number of carbonyl (C=O) groups is 1. The molecule has 1 N–H and O–H groups in total. The molecule has 3 heterocycles. The van der Waals surface area contributed by atoms with Gasteiger partial charge in [-0.3, -0.25) is 4.79 Å². The first-order chi connectivity index (χ1) is 17.2. The number of fused-ring (bicyclic) bond motifs is 2. The van der Waals surface area contributed by atoms with Gasteiger partial charge in [-0.25, -0.2) is 4.68 Å². The summed E-state index contributed by atoms with van der Waals surface area (Å²) in [5.41, 5.74) is 3.76. The Morgan fingerprint density at radius 2 is 1.77 bits per heavy atom. The van der Waals surface area contributed by atoms with Gasteiger partial charge in [0.2, 0.25) is 12.7 Å². The van der Waals surface area contributed by atoms with Crippen molar-refractivity contribution in [3.05, 3.63) is 95.7 Å². The van der Waals surface area contributed by atoms with Crippen molar-refractivity contribution in [2.45, 2.75) is 11.5 Å². The molecule has 8 heteroatoms. The fourth-order valence-corrected chi connectivity index (χ4v) is 4.99. The minimum atomic E-state index is -0.229. The molecule has 3 aromatic carbocycles. The van der Waals surface area contributed by atoms with Crippen molar-refractivity contribution in [2.75, 3.05) is 12.1 Å². The van der Waals surface area contributed by atoms with E-state index in [1.807, 2.05) is 72.8 Å². The first-order valence-electron chi connectivity index (χ1n) is 11.1. The zero-order valence-corrected chi connectivity index (χ0v) is 19.5. The summed E-state index contributed by atoms with van der Waals surface area (Å²) in [6, 6.07) is 22.9. The molecule has 0 atom stereocenters. The second-order valence-electron chi connectivity index (χ2n) is 8.02. The minimum Gasteiger partial charge on any atom is -0.457 e. The molecule has 174 valence electrons. The quantitative estimate of drug-likeness (QED) is 0.350. The molecule has 2 aliphatic heterocycles. The Bertz CT molecular complexity index is 1410. The Kier molecular flexibility index (Phi) is 5.64. The Balaban J connectivity index is 1.22. The summed E-state index contributed by atoms with van der Waals surface area (Å²) in [5.74, 6) is 5.00. The number of anilines is 1. The number of hydrogen-bond acceptors (Lipinski definition) is 6. The molecule has 0 bridgehead atoms. The SMILES string of the molecule is O=C(C=Cc1ccc2c(c1)OCO2)Nc1c2c(nn1-c1ccc(Oc3ccccc3)cc1)CSC2. The van der Waals surface area contributed by atoms with Crippen LogP contribution < -0.4 is 19.5 Å². The third-order valence-corrected chi connectivity index (χ3v) is 6.65. The maximum Gasteiger partial charge on any atom is 0.249 e. The number of para-hydroxylation sites is 1. The average molecular weight is 484 g/mol. The van der Waals surface area contributed by atoms with Gasteiger partial charge in [0.25, 0.3) is 0 Å². The monoisotopic (exact) mass is 483 g/mol. The molecule has 0 aliphatic carbocycles. The van der Waals surface area contributed by atoms with E-state index in [2.05, 4.69) is 5.32 Å². The number of hydrogen-bond donors (Lipinski definition) is 1. The van der Waals surface area contributed by atoms with Crippen LogP contribution in [0.4, 0.5) is 5.82 Å². The first-order valence-corrected chi connectivity index (χ1v) is 12.3. The number of rotatable bonds is 6. The van der Waals surface area contributed by atoms with Gasteiger partial charge in [0, 0.05) is 23.1 Å². The van der Waals surface area contributed by atoms with Gasteiger partial charge in [-0.1, -0.05) is 24.3 Å². The number of nitrogens with one attached hydrogen (secondary N) is 1. The maximum absolute atomic E-state index is 12.8. The average Bonchev–Trinajstić information content (AvgIpc) is 3.61. The first kappa shape index (κ1) is 21.4. The van der Waals surface area contributed by atoms with Crippen LogP contribution in [-0.2, 0) is 16.3 Å². The molecule has 7 nitrogen and oxygen atoms in total. The van der Waals surface area contributed by atoms with E-state index in [0.717, 1.165) is 45.5 Å². The molecule has 4 aromatic rings. The summed E-state index contributed by atoms with van der Waals surface area (Å²) >= 11 is 1.79. The molecule has 35 heavy (non-hydrogen) atoms. The van der Waals surface area contributed by atoms with Crippen LogP contribution in [-0.4, -0.2) is 22.5 Å². The minimum absolute atomic E-state index is 0.218. The lowest BCUT2D eigenvalue weighted by atomic mass is 10.2. The Labute approximate surface area is 206 Å². The van der Waals surface area contributed by atoms with Crippen LogP contribution in [0.2, 0.25) is 0 Å². The van der Waals surface area contributed by atoms with Gasteiger partial charge in [0.1, 0.15) is 17.3 Å². The number of aromatic nitrogens is 2. The molecule has 0 saturated carbocycles. The van der Waals surface area contributed by atoms with Gasteiger partial charge in [0.15, 0.2) is 11.5 Å². The molecule has 1 aromatic heterocycles. The Morgan fingerprint density at radius 1 is 0.971 bits per heavy atom. The number of nitrogens with zero attached hydrogens (tertiary/aromatic N) is 2. The molecule has 1 amide bonds. The lowest BCUT2D eigenvalue weighted by molar-refractivity contribution is -0.111. The zero-order chi connectivity index (χ0) is 23.6. The number of amides is 1. The van der Waals surface area contributed by atoms with Crippen LogP contribution in [0.5, 0.6) is 23.0 Å². The van der Waals surface area contributed by atoms with Crippen LogP contribution >= 0.6 is 11.8 Å². The second-order valence-corrected chi connectivity index (χ2v) is 9.01. The van der Waals surface area contributed by atoms with Gasteiger partial charge >= 0.3 is 0 Å². The van der Waals surface area contributed by atoms with Crippen molar-refractivity contribution in [1.29, 1.82) is 0 Å². The van der Waals surface area contributed by atoms with Gasteiger partial charge in [-0.2, -0.15) is 16.9 Å². The zero-order valence-electron chi connectivity index (χ0n) is 18.6.